The van der Waals surface area contributed by atoms with Gasteiger partial charge in [-0.3, -0.25) is 0 Å². The van der Waals surface area contributed by atoms with Gasteiger partial charge in [0.05, 0.1) is 10.0 Å². The van der Waals surface area contributed by atoms with Crippen LogP contribution in [-0.2, 0) is 0 Å². The summed E-state index contributed by atoms with van der Waals surface area (Å²) in [6, 6.07) is 1.61. The van der Waals surface area contributed by atoms with Crippen molar-refractivity contribution < 1.29 is 0 Å². The molecule has 0 saturated carbocycles. The predicted molar refractivity (Wildman–Crippen MR) is 79.4 cm³/mol. The summed E-state index contributed by atoms with van der Waals surface area (Å²) in [4.78, 5) is 4.10. The topological polar surface area (TPSA) is 50.9 Å². The van der Waals surface area contributed by atoms with E-state index in [1.165, 1.54) is 18.6 Å². The third-order valence-corrected chi connectivity index (χ3v) is 3.56. The van der Waals surface area contributed by atoms with Crippen LogP contribution in [0.1, 0.15) is 19.3 Å². The fourth-order valence-electron chi connectivity index (χ4n) is 1.36. The number of thioether (sulfide) groups is 1. The minimum atomic E-state index is 0.306. The van der Waals surface area contributed by atoms with Gasteiger partial charge in [0.25, 0.3) is 0 Å². The normalized spacial score (nSPS) is 10.5. The van der Waals surface area contributed by atoms with Crippen LogP contribution in [0.4, 0.5) is 11.6 Å². The summed E-state index contributed by atoms with van der Waals surface area (Å²) < 4.78 is 0. The first-order chi connectivity index (χ1) is 8.15. The molecule has 0 aliphatic carbocycles. The van der Waals surface area contributed by atoms with Gasteiger partial charge < -0.3 is 11.1 Å². The van der Waals surface area contributed by atoms with Gasteiger partial charge in [0.1, 0.15) is 11.6 Å². The maximum Gasteiger partial charge on any atom is 0.147 e. The van der Waals surface area contributed by atoms with E-state index in [4.69, 9.17) is 28.9 Å². The lowest BCUT2D eigenvalue weighted by atomic mass is 10.2. The van der Waals surface area contributed by atoms with Gasteiger partial charge in [-0.15, -0.1) is 0 Å². The number of unbranched alkanes of at least 4 members (excludes halogenated alkanes) is 2. The molecule has 0 fully saturated rings. The van der Waals surface area contributed by atoms with Crippen LogP contribution < -0.4 is 11.1 Å². The van der Waals surface area contributed by atoms with E-state index < -0.39 is 0 Å². The molecule has 6 heteroatoms. The number of nitrogens with zero attached hydrogens (tertiary/aromatic N) is 1. The van der Waals surface area contributed by atoms with Crippen molar-refractivity contribution in [2.75, 3.05) is 29.6 Å². The van der Waals surface area contributed by atoms with Gasteiger partial charge in [-0.05, 0) is 30.9 Å². The standard InChI is InChI=1S/C11H17Cl2N3S/c1-17-6-4-2-3-5-15-11-9(13)7-8(12)10(14)16-11/h7H,2-6H2,1H3,(H3,14,15,16). The van der Waals surface area contributed by atoms with Crippen molar-refractivity contribution in [3.8, 4) is 0 Å². The molecular weight excluding hydrogens is 277 g/mol. The van der Waals surface area contributed by atoms with Crippen LogP contribution in [-0.4, -0.2) is 23.5 Å². The minimum Gasteiger partial charge on any atom is -0.382 e. The molecule has 3 nitrogen and oxygen atoms in total. The molecule has 0 spiro atoms. The van der Waals surface area contributed by atoms with Crippen LogP contribution in [0.15, 0.2) is 6.07 Å². The second-order valence-corrected chi connectivity index (χ2v) is 5.47. The van der Waals surface area contributed by atoms with Gasteiger partial charge in [0.2, 0.25) is 0 Å². The summed E-state index contributed by atoms with van der Waals surface area (Å²) in [6.07, 6.45) is 5.67. The molecular formula is C11H17Cl2N3S. The van der Waals surface area contributed by atoms with Crippen molar-refractivity contribution in [3.63, 3.8) is 0 Å². The summed E-state index contributed by atoms with van der Waals surface area (Å²) in [5, 5.41) is 4.07. The summed E-state index contributed by atoms with van der Waals surface area (Å²) in [5.41, 5.74) is 5.62. The number of halogens is 2. The first kappa shape index (κ1) is 14.7. The fourth-order valence-corrected chi connectivity index (χ4v) is 2.28. The van der Waals surface area contributed by atoms with Crippen LogP contribution in [0, 0.1) is 0 Å². The van der Waals surface area contributed by atoms with Crippen LogP contribution in [0.2, 0.25) is 10.0 Å². The maximum absolute atomic E-state index is 6.00. The van der Waals surface area contributed by atoms with E-state index in [-0.39, 0.29) is 0 Å². The summed E-state index contributed by atoms with van der Waals surface area (Å²) >= 11 is 13.7. The van der Waals surface area contributed by atoms with Crippen molar-refractivity contribution in [1.29, 1.82) is 0 Å². The lowest BCUT2D eigenvalue weighted by Gasteiger charge is -2.08. The van der Waals surface area contributed by atoms with E-state index in [1.54, 1.807) is 6.07 Å². The number of rotatable bonds is 7. The van der Waals surface area contributed by atoms with Crippen LogP contribution >= 0.6 is 35.0 Å². The maximum atomic E-state index is 6.00. The Hall–Kier alpha value is -0.320. The number of nitrogens with two attached hydrogens (primary N) is 1. The Morgan fingerprint density at radius 3 is 2.76 bits per heavy atom. The van der Waals surface area contributed by atoms with E-state index in [9.17, 15) is 0 Å². The molecule has 1 aromatic heterocycles. The summed E-state index contributed by atoms with van der Waals surface area (Å²) in [7, 11) is 0. The number of pyridine rings is 1. The lowest BCUT2D eigenvalue weighted by molar-refractivity contribution is 0.748. The zero-order chi connectivity index (χ0) is 12.7. The van der Waals surface area contributed by atoms with Gasteiger partial charge >= 0.3 is 0 Å². The zero-order valence-electron chi connectivity index (χ0n) is 9.80. The minimum absolute atomic E-state index is 0.306. The van der Waals surface area contributed by atoms with Gasteiger partial charge in [-0.2, -0.15) is 11.8 Å². The second kappa shape index (κ2) is 7.90. The molecule has 0 bridgehead atoms. The van der Waals surface area contributed by atoms with Crippen molar-refractivity contribution in [2.24, 2.45) is 0 Å². The van der Waals surface area contributed by atoms with Crippen molar-refractivity contribution in [3.05, 3.63) is 16.1 Å². The Kier molecular flexibility index (Phi) is 6.85. The number of hydrogen-bond donors (Lipinski definition) is 2. The number of aromatic nitrogens is 1. The van der Waals surface area contributed by atoms with Crippen molar-refractivity contribution >= 4 is 46.6 Å². The molecule has 1 aromatic rings. The smallest absolute Gasteiger partial charge is 0.147 e. The Labute approximate surface area is 116 Å². The SMILES string of the molecule is CSCCCCCNc1nc(N)c(Cl)cc1Cl. The van der Waals surface area contributed by atoms with E-state index in [0.29, 0.717) is 21.7 Å². The predicted octanol–water partition coefficient (Wildman–Crippen LogP) is 3.92. The van der Waals surface area contributed by atoms with E-state index in [2.05, 4.69) is 16.6 Å². The molecule has 0 aliphatic rings. The summed E-state index contributed by atoms with van der Waals surface area (Å²) in [5.74, 6) is 2.13. The van der Waals surface area contributed by atoms with Gasteiger partial charge in [0.15, 0.2) is 0 Å². The number of anilines is 2. The highest BCUT2D eigenvalue weighted by atomic mass is 35.5. The van der Waals surface area contributed by atoms with Crippen LogP contribution in [0.5, 0.6) is 0 Å². The average molecular weight is 294 g/mol. The molecule has 0 aromatic carbocycles. The monoisotopic (exact) mass is 293 g/mol. The second-order valence-electron chi connectivity index (χ2n) is 3.67. The third kappa shape index (κ3) is 5.23. The molecule has 96 valence electrons. The van der Waals surface area contributed by atoms with Crippen molar-refractivity contribution in [2.45, 2.75) is 19.3 Å². The first-order valence-corrected chi connectivity index (χ1v) is 7.64. The lowest BCUT2D eigenvalue weighted by Crippen LogP contribution is -2.05. The molecule has 0 aliphatic heterocycles. The van der Waals surface area contributed by atoms with Gasteiger partial charge in [0, 0.05) is 6.54 Å². The molecule has 0 atom stereocenters. The highest BCUT2D eigenvalue weighted by molar-refractivity contribution is 7.98. The van der Waals surface area contributed by atoms with Crippen LogP contribution in [0.3, 0.4) is 0 Å². The Balaban J connectivity index is 2.34. The number of nitrogen functional groups attached to an aromatic ring is 1. The molecule has 17 heavy (non-hydrogen) atoms. The highest BCUT2D eigenvalue weighted by Gasteiger charge is 2.06. The van der Waals surface area contributed by atoms with Gasteiger partial charge in [-0.1, -0.05) is 29.6 Å². The van der Waals surface area contributed by atoms with Crippen molar-refractivity contribution in [1.82, 2.24) is 4.98 Å². The largest absolute Gasteiger partial charge is 0.382 e. The third-order valence-electron chi connectivity index (χ3n) is 2.27. The molecule has 0 radical (unpaired) electrons. The fraction of sp³-hybridized carbons (Fsp3) is 0.545. The molecule has 1 heterocycles. The molecule has 3 N–H and O–H groups in total. The number of nitrogens with one attached hydrogen (secondary N) is 1. The average Bonchev–Trinajstić information content (AvgIpc) is 2.30. The molecule has 0 unspecified atom stereocenters. The summed E-state index contributed by atoms with van der Waals surface area (Å²) in [6.45, 7) is 0.849. The van der Waals surface area contributed by atoms with Crippen LogP contribution in [0.25, 0.3) is 0 Å². The molecule has 0 saturated heterocycles. The van der Waals surface area contributed by atoms with E-state index in [1.807, 2.05) is 11.8 Å². The first-order valence-electron chi connectivity index (χ1n) is 5.49. The quantitative estimate of drug-likeness (QED) is 0.748. The zero-order valence-corrected chi connectivity index (χ0v) is 12.1. The Bertz CT molecular complexity index is 361. The Morgan fingerprint density at radius 2 is 2.06 bits per heavy atom. The van der Waals surface area contributed by atoms with E-state index >= 15 is 0 Å². The van der Waals surface area contributed by atoms with Gasteiger partial charge in [-0.25, -0.2) is 4.98 Å². The number of hydrogen-bond acceptors (Lipinski definition) is 4. The van der Waals surface area contributed by atoms with E-state index in [0.717, 1.165) is 13.0 Å². The molecule has 1 rings (SSSR count). The Morgan fingerprint density at radius 1 is 1.29 bits per heavy atom. The molecule has 0 amide bonds. The highest BCUT2D eigenvalue weighted by Crippen LogP contribution is 2.27.